The maximum absolute atomic E-state index is 11.9. The molecule has 0 aliphatic rings. The Bertz CT molecular complexity index is 474. The quantitative estimate of drug-likeness (QED) is 0.292. The predicted molar refractivity (Wildman–Crippen MR) is 97.2 cm³/mol. The average molecular weight is 333 g/mol. The van der Waals surface area contributed by atoms with E-state index in [0.717, 1.165) is 12.8 Å². The second kappa shape index (κ2) is 14.1. The van der Waals surface area contributed by atoms with E-state index in [1.54, 1.807) is 30.3 Å². The van der Waals surface area contributed by atoms with Crippen LogP contribution in [0, 0.1) is 0 Å². The largest absolute Gasteiger partial charge is 0.296 e. The maximum atomic E-state index is 11.9. The Labute approximate surface area is 154 Å². The van der Waals surface area contributed by atoms with Gasteiger partial charge < -0.3 is 0 Å². The molecule has 3 nitrogen and oxygen atoms in total. The Hall–Kier alpha value is -0.273. The molecule has 0 aromatic heterocycles. The third-order valence-corrected chi connectivity index (χ3v) is 5.09. The van der Waals surface area contributed by atoms with Crippen LogP contribution in [-0.2, 0) is 14.3 Å². The molecule has 0 N–H and O–H groups in total. The van der Waals surface area contributed by atoms with Gasteiger partial charge in [0, 0.05) is 18.9 Å². The minimum absolute atomic E-state index is 0. The Morgan fingerprint density at radius 2 is 1.26 bits per heavy atom. The fourth-order valence-electron chi connectivity index (χ4n) is 2.41. The molecule has 1 rings (SSSR count). The number of rotatable bonds is 13. The molecule has 0 aliphatic carbocycles. The third-order valence-electron chi connectivity index (χ3n) is 3.77. The van der Waals surface area contributed by atoms with Gasteiger partial charge in [-0.2, -0.15) is 8.42 Å². The summed E-state index contributed by atoms with van der Waals surface area (Å²) in [5, 5.41) is 0. The fourth-order valence-corrected chi connectivity index (χ4v) is 3.38. The summed E-state index contributed by atoms with van der Waals surface area (Å²) in [6.45, 7) is 2.52. The van der Waals surface area contributed by atoms with E-state index in [1.165, 1.54) is 51.4 Å². The summed E-state index contributed by atoms with van der Waals surface area (Å²) in [7, 11) is -3.57. The second-order valence-electron chi connectivity index (χ2n) is 5.77. The standard InChI is InChI=1S/C18H30O3S.Li/c1-2-3-4-5-6-7-8-9-10-14-17-21-22(19,20)18-15-12-11-13-16-18;/h11-13,15-16H,2-10,14,17H2,1H3;. The van der Waals surface area contributed by atoms with Crippen molar-refractivity contribution >= 4 is 29.0 Å². The van der Waals surface area contributed by atoms with Crippen molar-refractivity contribution in [1.82, 2.24) is 0 Å². The molecular weight excluding hydrogens is 303 g/mol. The Morgan fingerprint density at radius 3 is 1.78 bits per heavy atom. The van der Waals surface area contributed by atoms with Gasteiger partial charge >= 0.3 is 0 Å². The molecule has 1 radical (unpaired) electrons. The second-order valence-corrected chi connectivity index (χ2v) is 7.39. The van der Waals surface area contributed by atoms with Crippen LogP contribution in [0.4, 0.5) is 0 Å². The summed E-state index contributed by atoms with van der Waals surface area (Å²) < 4.78 is 28.8. The number of hydrogen-bond acceptors (Lipinski definition) is 3. The van der Waals surface area contributed by atoms with E-state index in [0.29, 0.717) is 0 Å². The van der Waals surface area contributed by atoms with Crippen LogP contribution in [0.1, 0.15) is 71.1 Å². The van der Waals surface area contributed by atoms with E-state index in [2.05, 4.69) is 6.92 Å². The zero-order valence-corrected chi connectivity index (χ0v) is 15.6. The summed E-state index contributed by atoms with van der Waals surface area (Å²) in [6.07, 6.45) is 12.3. The molecule has 5 heteroatoms. The van der Waals surface area contributed by atoms with Gasteiger partial charge in [0.1, 0.15) is 0 Å². The zero-order chi connectivity index (χ0) is 16.1. The Balaban J connectivity index is 0.00000484. The van der Waals surface area contributed by atoms with Crippen LogP contribution in [0.15, 0.2) is 35.2 Å². The van der Waals surface area contributed by atoms with Crippen molar-refractivity contribution in [2.24, 2.45) is 0 Å². The van der Waals surface area contributed by atoms with Gasteiger partial charge in [0.15, 0.2) is 0 Å². The first-order valence-corrected chi connectivity index (χ1v) is 10.0. The maximum Gasteiger partial charge on any atom is 0.296 e. The molecule has 23 heavy (non-hydrogen) atoms. The van der Waals surface area contributed by atoms with Gasteiger partial charge in [-0.25, -0.2) is 0 Å². The van der Waals surface area contributed by atoms with E-state index in [1.807, 2.05) is 0 Å². The average Bonchev–Trinajstić information content (AvgIpc) is 2.53. The van der Waals surface area contributed by atoms with Crippen LogP contribution in [0.2, 0.25) is 0 Å². The van der Waals surface area contributed by atoms with Crippen molar-refractivity contribution in [3.8, 4) is 0 Å². The predicted octanol–water partition coefficient (Wildman–Crippen LogP) is 4.93. The van der Waals surface area contributed by atoms with Crippen molar-refractivity contribution in [2.75, 3.05) is 6.61 Å². The molecule has 1 aromatic rings. The molecule has 1 aromatic carbocycles. The molecule has 0 spiro atoms. The molecule has 0 saturated carbocycles. The first kappa shape index (κ1) is 22.7. The fraction of sp³-hybridized carbons (Fsp3) is 0.667. The molecular formula is C18H30LiO3S. The molecule has 0 amide bonds. The molecule has 0 fully saturated rings. The monoisotopic (exact) mass is 333 g/mol. The van der Waals surface area contributed by atoms with Gasteiger partial charge in [-0.15, -0.1) is 0 Å². The van der Waals surface area contributed by atoms with E-state index < -0.39 is 10.1 Å². The van der Waals surface area contributed by atoms with Crippen molar-refractivity contribution in [2.45, 2.75) is 76.0 Å². The normalized spacial score (nSPS) is 11.2. The molecule has 127 valence electrons. The SMILES string of the molecule is CCCCCCCCCCCCOS(=O)(=O)c1ccccc1.[Li]. The topological polar surface area (TPSA) is 43.4 Å². The minimum atomic E-state index is -3.57. The van der Waals surface area contributed by atoms with Crippen molar-refractivity contribution in [1.29, 1.82) is 0 Å². The number of unbranched alkanes of at least 4 members (excludes halogenated alkanes) is 9. The van der Waals surface area contributed by atoms with Crippen molar-refractivity contribution in [3.63, 3.8) is 0 Å². The van der Waals surface area contributed by atoms with Gasteiger partial charge in [0.05, 0.1) is 11.5 Å². The summed E-state index contributed by atoms with van der Waals surface area (Å²) in [6, 6.07) is 8.33. The van der Waals surface area contributed by atoms with Crippen molar-refractivity contribution < 1.29 is 12.6 Å². The summed E-state index contributed by atoms with van der Waals surface area (Å²) in [5.41, 5.74) is 0. The number of benzene rings is 1. The van der Waals surface area contributed by atoms with Crippen LogP contribution >= 0.6 is 0 Å². The Morgan fingerprint density at radius 1 is 0.783 bits per heavy atom. The molecule has 0 aliphatic heterocycles. The summed E-state index contributed by atoms with van der Waals surface area (Å²) in [5.74, 6) is 0. The van der Waals surface area contributed by atoms with Gasteiger partial charge in [0.2, 0.25) is 0 Å². The van der Waals surface area contributed by atoms with Crippen LogP contribution in [0.25, 0.3) is 0 Å². The van der Waals surface area contributed by atoms with Gasteiger partial charge in [0.25, 0.3) is 10.1 Å². The molecule has 0 bridgehead atoms. The van der Waals surface area contributed by atoms with Crippen LogP contribution < -0.4 is 0 Å². The van der Waals surface area contributed by atoms with E-state index >= 15 is 0 Å². The van der Waals surface area contributed by atoms with Gasteiger partial charge in [-0.05, 0) is 18.6 Å². The van der Waals surface area contributed by atoms with E-state index in [4.69, 9.17) is 4.18 Å². The van der Waals surface area contributed by atoms with E-state index in [-0.39, 0.29) is 30.4 Å². The van der Waals surface area contributed by atoms with Crippen molar-refractivity contribution in [3.05, 3.63) is 30.3 Å². The summed E-state index contributed by atoms with van der Waals surface area (Å²) >= 11 is 0. The van der Waals surface area contributed by atoms with Gasteiger partial charge in [-0.3, -0.25) is 4.18 Å². The molecule has 0 saturated heterocycles. The molecule has 0 unspecified atom stereocenters. The third kappa shape index (κ3) is 11.0. The van der Waals surface area contributed by atoms with E-state index in [9.17, 15) is 8.42 Å². The van der Waals surface area contributed by atoms with Crippen LogP contribution in [-0.4, -0.2) is 33.9 Å². The van der Waals surface area contributed by atoms with Crippen LogP contribution in [0.3, 0.4) is 0 Å². The smallest absolute Gasteiger partial charge is 0.266 e. The number of hydrogen-bond donors (Lipinski definition) is 0. The zero-order valence-electron chi connectivity index (χ0n) is 14.8. The minimum Gasteiger partial charge on any atom is -0.266 e. The first-order chi connectivity index (χ1) is 10.7. The van der Waals surface area contributed by atoms with Gasteiger partial charge in [-0.1, -0.05) is 82.9 Å². The first-order valence-electron chi connectivity index (χ1n) is 8.61. The molecule has 0 atom stereocenters. The Kier molecular flexibility index (Phi) is 13.9. The summed E-state index contributed by atoms with van der Waals surface area (Å²) in [4.78, 5) is 0.238. The van der Waals surface area contributed by atoms with Crippen LogP contribution in [0.5, 0.6) is 0 Å². The molecule has 0 heterocycles.